The molecule has 7 aromatic rings. The van der Waals surface area contributed by atoms with Crippen molar-refractivity contribution >= 4 is 60.7 Å². The first-order chi connectivity index (χ1) is 19.4. The van der Waals surface area contributed by atoms with Gasteiger partial charge < -0.3 is 4.81 Å². The summed E-state index contributed by atoms with van der Waals surface area (Å²) >= 11 is 1.89. The maximum absolute atomic E-state index is 2.51. The van der Waals surface area contributed by atoms with Crippen LogP contribution in [0, 0.1) is 0 Å². The van der Waals surface area contributed by atoms with Crippen molar-refractivity contribution in [2.75, 3.05) is 4.81 Å². The van der Waals surface area contributed by atoms with Crippen LogP contribution < -0.4 is 15.7 Å². The molecule has 0 saturated heterocycles. The summed E-state index contributed by atoms with van der Waals surface area (Å²) in [5.41, 5.74) is 10.2. The Bertz CT molecular complexity index is 1970. The third-order valence-electron chi connectivity index (χ3n) is 7.94. The molecule has 1 aliphatic rings. The van der Waals surface area contributed by atoms with E-state index in [9.17, 15) is 0 Å². The molecular formula is C36H24BNS. The van der Waals surface area contributed by atoms with Crippen LogP contribution >= 0.6 is 11.3 Å². The number of hydrogen-bond donors (Lipinski definition) is 0. The molecule has 0 spiro atoms. The van der Waals surface area contributed by atoms with Gasteiger partial charge in [0.05, 0.1) is 0 Å². The Balaban J connectivity index is 1.29. The molecule has 0 aliphatic carbocycles. The van der Waals surface area contributed by atoms with Gasteiger partial charge in [0.1, 0.15) is 0 Å². The van der Waals surface area contributed by atoms with E-state index in [0.717, 1.165) is 0 Å². The largest absolute Gasteiger partial charge is 0.376 e. The maximum atomic E-state index is 2.51. The smallest absolute Gasteiger partial charge is 0.328 e. The molecule has 0 radical (unpaired) electrons. The maximum Gasteiger partial charge on any atom is 0.328 e. The minimum absolute atomic E-state index is 0.0918. The molecule has 0 amide bonds. The zero-order valence-electron chi connectivity index (χ0n) is 21.3. The fourth-order valence-corrected chi connectivity index (χ4v) is 7.44. The van der Waals surface area contributed by atoms with E-state index in [0.29, 0.717) is 0 Å². The van der Waals surface area contributed by atoms with E-state index in [4.69, 9.17) is 0 Å². The number of para-hydroxylation sites is 1. The standard InChI is InChI=1S/C36H24BNS/c1-2-11-26(12-3-1)37-33-18-7-4-13-29(33)30-14-5-8-19-34(30)38(37)27-23-21-25(22-24-27)28-16-10-17-32-31-15-6-9-20-35(31)39-36(28)32/h1-24H. The highest BCUT2D eigenvalue weighted by molar-refractivity contribution is 7.26. The third kappa shape index (κ3) is 3.54. The van der Waals surface area contributed by atoms with Gasteiger partial charge in [0.25, 0.3) is 0 Å². The second kappa shape index (κ2) is 9.01. The Morgan fingerprint density at radius 2 is 1.15 bits per heavy atom. The number of fused-ring (bicyclic) bond motifs is 6. The molecule has 3 heteroatoms. The highest BCUT2D eigenvalue weighted by atomic mass is 32.1. The summed E-state index contributed by atoms with van der Waals surface area (Å²) in [7, 11) is 0. The number of nitrogens with zero attached hydrogens (tertiary/aromatic N) is 1. The Kier molecular flexibility index (Phi) is 5.17. The summed E-state index contributed by atoms with van der Waals surface area (Å²) in [6, 6.07) is 53.1. The second-order valence-electron chi connectivity index (χ2n) is 10.1. The van der Waals surface area contributed by atoms with Crippen LogP contribution in [0.15, 0.2) is 146 Å². The van der Waals surface area contributed by atoms with Crippen LogP contribution in [-0.4, -0.2) is 6.85 Å². The second-order valence-corrected chi connectivity index (χ2v) is 11.2. The summed E-state index contributed by atoms with van der Waals surface area (Å²) < 4.78 is 2.69. The molecule has 0 fully saturated rings. The molecular weight excluding hydrogens is 489 g/mol. The Hall–Kier alpha value is -4.60. The molecule has 1 aliphatic heterocycles. The quantitative estimate of drug-likeness (QED) is 0.214. The van der Waals surface area contributed by atoms with Crippen molar-refractivity contribution in [2.24, 2.45) is 0 Å². The lowest BCUT2D eigenvalue weighted by molar-refractivity contribution is 1.36. The zero-order chi connectivity index (χ0) is 25.8. The third-order valence-corrected chi connectivity index (χ3v) is 9.16. The van der Waals surface area contributed by atoms with Gasteiger partial charge in [-0.15, -0.1) is 11.3 Å². The van der Waals surface area contributed by atoms with E-state index in [1.807, 2.05) is 11.3 Å². The molecule has 0 bridgehead atoms. The lowest BCUT2D eigenvalue weighted by atomic mass is 9.46. The molecule has 0 saturated carbocycles. The lowest BCUT2D eigenvalue weighted by Gasteiger charge is -2.39. The van der Waals surface area contributed by atoms with Gasteiger partial charge in [-0.2, -0.15) is 0 Å². The summed E-state index contributed by atoms with van der Waals surface area (Å²) in [6.07, 6.45) is 0. The predicted octanol–water partition coefficient (Wildman–Crippen LogP) is 8.65. The van der Waals surface area contributed by atoms with Crippen molar-refractivity contribution < 1.29 is 0 Å². The van der Waals surface area contributed by atoms with Gasteiger partial charge >= 0.3 is 6.85 Å². The van der Waals surface area contributed by atoms with Crippen molar-refractivity contribution in [1.82, 2.24) is 0 Å². The van der Waals surface area contributed by atoms with Gasteiger partial charge in [0, 0.05) is 37.1 Å². The molecule has 182 valence electrons. The first-order valence-corrected chi connectivity index (χ1v) is 14.2. The molecule has 1 nitrogen and oxygen atoms in total. The SMILES string of the molecule is c1ccc(B2c3ccccc3-c3ccccc3N2c2ccc(-c3cccc4c3sc3ccccc34)cc2)cc1. The van der Waals surface area contributed by atoms with Crippen molar-refractivity contribution in [3.63, 3.8) is 0 Å². The summed E-state index contributed by atoms with van der Waals surface area (Å²) in [4.78, 5) is 2.51. The van der Waals surface area contributed by atoms with Gasteiger partial charge in [-0.3, -0.25) is 0 Å². The van der Waals surface area contributed by atoms with Crippen LogP contribution in [0.4, 0.5) is 11.4 Å². The van der Waals surface area contributed by atoms with Crippen molar-refractivity contribution in [2.45, 2.75) is 0 Å². The lowest BCUT2D eigenvalue weighted by Crippen LogP contribution is -2.57. The fourth-order valence-electron chi connectivity index (χ4n) is 6.20. The first-order valence-electron chi connectivity index (χ1n) is 13.4. The van der Waals surface area contributed by atoms with Crippen LogP contribution in [0.25, 0.3) is 42.4 Å². The van der Waals surface area contributed by atoms with Gasteiger partial charge in [0.2, 0.25) is 0 Å². The molecule has 6 aromatic carbocycles. The van der Waals surface area contributed by atoms with Gasteiger partial charge in [-0.1, -0.05) is 127 Å². The van der Waals surface area contributed by atoms with E-state index >= 15 is 0 Å². The molecule has 8 rings (SSSR count). The van der Waals surface area contributed by atoms with E-state index in [1.165, 1.54) is 64.7 Å². The van der Waals surface area contributed by atoms with Crippen LogP contribution in [0.5, 0.6) is 0 Å². The topological polar surface area (TPSA) is 3.24 Å². The molecule has 0 atom stereocenters. The van der Waals surface area contributed by atoms with Crippen molar-refractivity contribution in [1.29, 1.82) is 0 Å². The van der Waals surface area contributed by atoms with E-state index in [1.54, 1.807) is 0 Å². The first kappa shape index (κ1) is 22.4. The van der Waals surface area contributed by atoms with E-state index < -0.39 is 0 Å². The number of benzene rings is 6. The van der Waals surface area contributed by atoms with Gasteiger partial charge in [0.15, 0.2) is 0 Å². The summed E-state index contributed by atoms with van der Waals surface area (Å²) in [5.74, 6) is 0. The number of thiophene rings is 1. The Labute approximate surface area is 232 Å². The molecule has 2 heterocycles. The predicted molar refractivity (Wildman–Crippen MR) is 170 cm³/mol. The normalized spacial score (nSPS) is 12.5. The average molecular weight is 513 g/mol. The Morgan fingerprint density at radius 3 is 2.03 bits per heavy atom. The van der Waals surface area contributed by atoms with Crippen molar-refractivity contribution in [3.8, 4) is 22.3 Å². The minimum atomic E-state index is 0.0918. The van der Waals surface area contributed by atoms with Crippen molar-refractivity contribution in [3.05, 3.63) is 146 Å². The molecule has 0 N–H and O–H groups in total. The average Bonchev–Trinajstić information content (AvgIpc) is 3.40. The highest BCUT2D eigenvalue weighted by Gasteiger charge is 2.36. The van der Waals surface area contributed by atoms with E-state index in [2.05, 4.69) is 150 Å². The van der Waals surface area contributed by atoms with Crippen LogP contribution in [0.3, 0.4) is 0 Å². The summed E-state index contributed by atoms with van der Waals surface area (Å²) in [5, 5.41) is 2.67. The summed E-state index contributed by atoms with van der Waals surface area (Å²) in [6.45, 7) is 0.0918. The van der Waals surface area contributed by atoms with Crippen LogP contribution in [-0.2, 0) is 0 Å². The fraction of sp³-hybridized carbons (Fsp3) is 0. The number of hydrogen-bond acceptors (Lipinski definition) is 2. The zero-order valence-corrected chi connectivity index (χ0v) is 22.1. The van der Waals surface area contributed by atoms with Gasteiger partial charge in [-0.25, -0.2) is 0 Å². The number of rotatable bonds is 3. The highest BCUT2D eigenvalue weighted by Crippen LogP contribution is 2.42. The molecule has 39 heavy (non-hydrogen) atoms. The Morgan fingerprint density at radius 1 is 0.487 bits per heavy atom. The van der Waals surface area contributed by atoms with Crippen LogP contribution in [0.2, 0.25) is 0 Å². The van der Waals surface area contributed by atoms with Gasteiger partial charge in [-0.05, 0) is 46.4 Å². The minimum Gasteiger partial charge on any atom is -0.376 e. The van der Waals surface area contributed by atoms with E-state index in [-0.39, 0.29) is 6.85 Å². The van der Waals surface area contributed by atoms with Crippen LogP contribution in [0.1, 0.15) is 0 Å². The monoisotopic (exact) mass is 513 g/mol. The molecule has 1 aromatic heterocycles. The number of anilines is 2. The molecule has 0 unspecified atom stereocenters.